The van der Waals surface area contributed by atoms with Crippen LogP contribution in [-0.4, -0.2) is 12.6 Å². The molecule has 0 aliphatic rings. The van der Waals surface area contributed by atoms with Crippen LogP contribution in [0.2, 0.25) is 0 Å². The van der Waals surface area contributed by atoms with Crippen LogP contribution in [-0.2, 0) is 0 Å². The number of unbranched alkanes of at least 4 members (excludes halogenated alkanes) is 8. The molecule has 0 rings (SSSR count). The van der Waals surface area contributed by atoms with E-state index in [0.29, 0.717) is 0 Å². The lowest BCUT2D eigenvalue weighted by Crippen LogP contribution is -2.26. The third-order valence-corrected chi connectivity index (χ3v) is 3.51. The second-order valence-corrected chi connectivity index (χ2v) is 5.47. The molecule has 0 radical (unpaired) electrons. The molecule has 1 atom stereocenters. The van der Waals surface area contributed by atoms with Gasteiger partial charge in [0, 0.05) is 6.04 Å². The van der Waals surface area contributed by atoms with E-state index < -0.39 is 0 Å². The van der Waals surface area contributed by atoms with E-state index >= 15 is 0 Å². The summed E-state index contributed by atoms with van der Waals surface area (Å²) in [5, 5.41) is 3.65. The van der Waals surface area contributed by atoms with Crippen molar-refractivity contribution in [1.29, 1.82) is 0 Å². The summed E-state index contributed by atoms with van der Waals surface area (Å²) >= 11 is 0. The molecule has 0 aliphatic carbocycles. The van der Waals surface area contributed by atoms with E-state index in [1.54, 1.807) is 0 Å². The first-order valence-electron chi connectivity index (χ1n) is 8.04. The lowest BCUT2D eigenvalue weighted by atomic mass is 10.1. The summed E-state index contributed by atoms with van der Waals surface area (Å²) in [5.74, 6) is 0. The fourth-order valence-electron chi connectivity index (χ4n) is 2.23. The zero-order valence-corrected chi connectivity index (χ0v) is 12.6. The molecule has 0 spiro atoms. The Hall–Kier alpha value is -0.0400. The van der Waals surface area contributed by atoms with Crippen LogP contribution in [0.15, 0.2) is 0 Å². The quantitative estimate of drug-likeness (QED) is 0.432. The number of nitrogens with one attached hydrogen (secondary N) is 1. The van der Waals surface area contributed by atoms with Gasteiger partial charge in [0.1, 0.15) is 0 Å². The van der Waals surface area contributed by atoms with Crippen molar-refractivity contribution < 1.29 is 0 Å². The maximum Gasteiger partial charge on any atom is 0.00387 e. The Kier molecular flexibility index (Phi) is 14.0. The number of rotatable bonds is 13. The molecule has 17 heavy (non-hydrogen) atoms. The van der Waals surface area contributed by atoms with Crippen LogP contribution in [0.25, 0.3) is 0 Å². The topological polar surface area (TPSA) is 12.0 Å². The van der Waals surface area contributed by atoms with Crippen LogP contribution in [0.1, 0.15) is 91.4 Å². The molecule has 0 aromatic rings. The molecular weight excluding hydrogens is 206 g/mol. The second kappa shape index (κ2) is 14.0. The van der Waals surface area contributed by atoms with Gasteiger partial charge in [0.25, 0.3) is 0 Å². The number of hydrogen-bond donors (Lipinski definition) is 1. The summed E-state index contributed by atoms with van der Waals surface area (Å²) in [6.07, 6.45) is 15.3. The van der Waals surface area contributed by atoms with Crippen LogP contribution >= 0.6 is 0 Å². The Morgan fingerprint density at radius 2 is 1.24 bits per heavy atom. The smallest absolute Gasteiger partial charge is 0.00387 e. The maximum atomic E-state index is 3.65. The monoisotopic (exact) mass is 241 g/mol. The highest BCUT2D eigenvalue weighted by atomic mass is 14.9. The highest BCUT2D eigenvalue weighted by molar-refractivity contribution is 4.60. The second-order valence-electron chi connectivity index (χ2n) is 5.47. The van der Waals surface area contributed by atoms with Gasteiger partial charge in [0.2, 0.25) is 0 Å². The van der Waals surface area contributed by atoms with E-state index in [1.165, 1.54) is 77.2 Å². The lowest BCUT2D eigenvalue weighted by Gasteiger charge is -2.13. The molecule has 1 N–H and O–H groups in total. The van der Waals surface area contributed by atoms with E-state index in [0.717, 1.165) is 6.04 Å². The van der Waals surface area contributed by atoms with E-state index in [1.807, 2.05) is 0 Å². The first-order chi connectivity index (χ1) is 8.31. The van der Waals surface area contributed by atoms with E-state index in [4.69, 9.17) is 0 Å². The van der Waals surface area contributed by atoms with E-state index in [9.17, 15) is 0 Å². The molecule has 0 amide bonds. The van der Waals surface area contributed by atoms with Crippen molar-refractivity contribution in [2.24, 2.45) is 0 Å². The van der Waals surface area contributed by atoms with Crippen molar-refractivity contribution in [1.82, 2.24) is 5.32 Å². The summed E-state index contributed by atoms with van der Waals surface area (Å²) in [6, 6.07) is 0.725. The summed E-state index contributed by atoms with van der Waals surface area (Å²) in [6.45, 7) is 8.12. The Balaban J connectivity index is 3.08. The minimum atomic E-state index is 0.725. The average molecular weight is 241 g/mol. The van der Waals surface area contributed by atoms with Crippen LogP contribution in [0.4, 0.5) is 0 Å². The molecule has 0 saturated carbocycles. The minimum absolute atomic E-state index is 0.725. The van der Waals surface area contributed by atoms with Gasteiger partial charge in [-0.05, 0) is 26.3 Å². The Bertz CT molecular complexity index is 133. The van der Waals surface area contributed by atoms with Crippen molar-refractivity contribution in [2.45, 2.75) is 97.4 Å². The summed E-state index contributed by atoms with van der Waals surface area (Å²) in [5.41, 5.74) is 0. The van der Waals surface area contributed by atoms with Gasteiger partial charge in [-0.3, -0.25) is 0 Å². The van der Waals surface area contributed by atoms with Crippen molar-refractivity contribution in [3.8, 4) is 0 Å². The average Bonchev–Trinajstić information content (AvgIpc) is 2.33. The Labute approximate surface area is 110 Å². The van der Waals surface area contributed by atoms with Crippen molar-refractivity contribution in [3.05, 3.63) is 0 Å². The summed E-state index contributed by atoms with van der Waals surface area (Å²) in [7, 11) is 0. The SMILES string of the molecule is CCCCCCCCN[C@H](C)CCCCCC. The first-order valence-corrected chi connectivity index (χ1v) is 8.04. The molecule has 0 aromatic carbocycles. The van der Waals surface area contributed by atoms with Crippen LogP contribution < -0.4 is 5.32 Å². The molecule has 1 heteroatoms. The van der Waals surface area contributed by atoms with Gasteiger partial charge in [-0.15, -0.1) is 0 Å². The fourth-order valence-corrected chi connectivity index (χ4v) is 2.23. The highest BCUT2D eigenvalue weighted by Crippen LogP contribution is 2.06. The molecule has 0 unspecified atom stereocenters. The fraction of sp³-hybridized carbons (Fsp3) is 1.00. The van der Waals surface area contributed by atoms with Crippen LogP contribution in [0.3, 0.4) is 0 Å². The predicted octanol–water partition coefficient (Wildman–Crippen LogP) is 5.30. The molecule has 1 nitrogen and oxygen atoms in total. The number of hydrogen-bond acceptors (Lipinski definition) is 1. The van der Waals surface area contributed by atoms with Crippen LogP contribution in [0, 0.1) is 0 Å². The molecule has 0 fully saturated rings. The molecule has 104 valence electrons. The van der Waals surface area contributed by atoms with Gasteiger partial charge < -0.3 is 5.32 Å². The molecule has 0 aliphatic heterocycles. The van der Waals surface area contributed by atoms with Gasteiger partial charge in [-0.1, -0.05) is 71.6 Å². The van der Waals surface area contributed by atoms with Gasteiger partial charge >= 0.3 is 0 Å². The molecule has 0 aromatic heterocycles. The van der Waals surface area contributed by atoms with Crippen LogP contribution in [0.5, 0.6) is 0 Å². The van der Waals surface area contributed by atoms with Crippen molar-refractivity contribution in [2.75, 3.05) is 6.54 Å². The third-order valence-electron chi connectivity index (χ3n) is 3.51. The standard InChI is InChI=1S/C16H35N/c1-4-6-8-10-11-13-15-17-16(3)14-12-9-7-5-2/h16-17H,4-15H2,1-3H3/t16-/m1/s1. The first kappa shape index (κ1) is 17.0. The van der Waals surface area contributed by atoms with Crippen molar-refractivity contribution >= 4 is 0 Å². The molecular formula is C16H35N. The van der Waals surface area contributed by atoms with Gasteiger partial charge in [0.05, 0.1) is 0 Å². The van der Waals surface area contributed by atoms with Gasteiger partial charge in [0.15, 0.2) is 0 Å². The summed E-state index contributed by atoms with van der Waals surface area (Å²) < 4.78 is 0. The molecule has 0 bridgehead atoms. The highest BCUT2D eigenvalue weighted by Gasteiger charge is 2.00. The molecule has 0 saturated heterocycles. The predicted molar refractivity (Wildman–Crippen MR) is 79.6 cm³/mol. The van der Waals surface area contributed by atoms with Gasteiger partial charge in [-0.25, -0.2) is 0 Å². The Morgan fingerprint density at radius 1 is 0.706 bits per heavy atom. The normalized spacial score (nSPS) is 12.9. The largest absolute Gasteiger partial charge is 0.314 e. The minimum Gasteiger partial charge on any atom is -0.314 e. The van der Waals surface area contributed by atoms with Crippen molar-refractivity contribution in [3.63, 3.8) is 0 Å². The zero-order valence-electron chi connectivity index (χ0n) is 12.6. The summed E-state index contributed by atoms with van der Waals surface area (Å²) in [4.78, 5) is 0. The Morgan fingerprint density at radius 3 is 1.88 bits per heavy atom. The maximum absolute atomic E-state index is 3.65. The van der Waals surface area contributed by atoms with Gasteiger partial charge in [-0.2, -0.15) is 0 Å². The third kappa shape index (κ3) is 13.9. The van der Waals surface area contributed by atoms with E-state index in [2.05, 4.69) is 26.1 Å². The lowest BCUT2D eigenvalue weighted by molar-refractivity contribution is 0.469. The zero-order chi connectivity index (χ0) is 12.8. The van der Waals surface area contributed by atoms with E-state index in [-0.39, 0.29) is 0 Å². The molecule has 0 heterocycles.